The zero-order chi connectivity index (χ0) is 58.7. The number of esters is 2. The van der Waals surface area contributed by atoms with Crippen LogP contribution in [0.4, 0.5) is 0 Å². The number of allylic oxidation sites excluding steroid dienone is 5. The van der Waals surface area contributed by atoms with Crippen LogP contribution in [0, 0.1) is 23.7 Å². The van der Waals surface area contributed by atoms with E-state index in [9.17, 15) is 15.0 Å². The lowest BCUT2D eigenvalue weighted by atomic mass is 9.39. The number of hydrogen-bond acceptors (Lipinski definition) is 17. The number of ketones is 2. The fourth-order valence-corrected chi connectivity index (χ4v) is 15.9. The summed E-state index contributed by atoms with van der Waals surface area (Å²) in [7, 11) is 1.33. The number of Topliss-reactive ketones (excluding diaryl/α,β-unsaturated/α-hetero) is 2. The molecule has 0 radical (unpaired) electrons. The summed E-state index contributed by atoms with van der Waals surface area (Å²) in [6.07, 6.45) is 6.43. The van der Waals surface area contributed by atoms with Gasteiger partial charge < -0.3 is 57.7 Å². The Labute approximate surface area is 483 Å². The highest BCUT2D eigenvalue weighted by Crippen LogP contribution is 2.78. The molecule has 2 spiro atoms. The molecule has 6 unspecified atom stereocenters. The van der Waals surface area contributed by atoms with Crippen molar-refractivity contribution in [3.63, 3.8) is 0 Å². The van der Waals surface area contributed by atoms with Crippen molar-refractivity contribution in [3.8, 4) is 23.0 Å². The van der Waals surface area contributed by atoms with Gasteiger partial charge in [0.1, 0.15) is 52.9 Å². The minimum Gasteiger partial charge on any atom is -0.482 e. The van der Waals surface area contributed by atoms with Crippen molar-refractivity contribution < 1.29 is 72.0 Å². The van der Waals surface area contributed by atoms with Crippen LogP contribution in [0.1, 0.15) is 138 Å². The summed E-state index contributed by atoms with van der Waals surface area (Å²) in [4.78, 5) is 62.6. The molecular formula is C66H74N2O15. The highest BCUT2D eigenvalue weighted by molar-refractivity contribution is 6.22. The first-order chi connectivity index (χ1) is 39.4. The lowest BCUT2D eigenvalue weighted by Crippen LogP contribution is -2.84. The van der Waals surface area contributed by atoms with E-state index in [2.05, 4.69) is 36.2 Å². The second-order valence-electron chi connectivity index (χ2n) is 25.9. The van der Waals surface area contributed by atoms with Gasteiger partial charge in [0, 0.05) is 65.1 Å². The van der Waals surface area contributed by atoms with E-state index in [1.54, 1.807) is 51.1 Å². The first-order valence-corrected chi connectivity index (χ1v) is 29.2. The Hall–Kier alpha value is -6.44. The van der Waals surface area contributed by atoms with Crippen molar-refractivity contribution in [1.82, 2.24) is 10.2 Å². The fourth-order valence-electron chi connectivity index (χ4n) is 15.9. The van der Waals surface area contributed by atoms with Crippen molar-refractivity contribution >= 4 is 35.3 Å². The highest BCUT2D eigenvalue weighted by Gasteiger charge is 2.89. The molecule has 0 amide bonds. The number of fused-ring (bicyclic) bond motifs is 6. The van der Waals surface area contributed by atoms with E-state index in [-0.39, 0.29) is 41.7 Å². The van der Waals surface area contributed by atoms with Crippen LogP contribution < -0.4 is 24.3 Å². The predicted molar refractivity (Wildman–Crippen MR) is 303 cm³/mol. The standard InChI is InChI=1S/C66H74N2O15/c1-33(2)15-14-26-63(10)27-25-41-52(81-63)40(23-18-34(3)4)54-47(53(41)79-59(74)36-19-21-37(22-20-36)77-60-51(71)50(70)55-43(78-60)32-76-62(8,9)80-55)66-56-45(46-48(68(66)30-29-67-66)38-16-12-13-17-39(38)49(46)69)42-31-44-61(6,7)83-64(57(42)72,65(44,56)82-54)28-24-35(5)58(73)75-11/h12-13,15-22,24-25,27,42-45,50-51,55-56,60,67,70-71H,14,23,26,28-32H2,1-11H3/b35-24-/t42-,43+,44+,45?,50+,51+,55+,56?,60+,63?,64?,65?,66?/m0/s1. The molecule has 14 rings (SSSR count). The number of aliphatic hydroxyl groups excluding tert-OH is 2. The molecule has 4 saturated heterocycles. The van der Waals surface area contributed by atoms with E-state index in [4.69, 9.17) is 42.6 Å². The van der Waals surface area contributed by atoms with Crippen molar-refractivity contribution in [3.05, 3.63) is 129 Å². The smallest absolute Gasteiger partial charge is 0.343 e. The number of hydrogen-bond donors (Lipinski definition) is 3. The fraction of sp³-hybridized carbons (Fsp3) is 0.515. The summed E-state index contributed by atoms with van der Waals surface area (Å²) in [6, 6.07) is 13.9. The molecule has 7 fully saturated rings. The third-order valence-electron chi connectivity index (χ3n) is 19.4. The largest absolute Gasteiger partial charge is 0.482 e. The summed E-state index contributed by atoms with van der Waals surface area (Å²) in [5, 5.41) is 26.4. The van der Waals surface area contributed by atoms with E-state index in [0.717, 1.165) is 23.3 Å². The lowest BCUT2D eigenvalue weighted by molar-refractivity contribution is -0.373. The Kier molecular flexibility index (Phi) is 13.0. The number of nitrogens with one attached hydrogen (secondary N) is 1. The third kappa shape index (κ3) is 8.04. The normalized spacial score (nSPS) is 34.9. The van der Waals surface area contributed by atoms with Crippen LogP contribution >= 0.6 is 0 Å². The van der Waals surface area contributed by atoms with Crippen molar-refractivity contribution in [2.24, 2.45) is 23.7 Å². The topological polar surface area (TPSA) is 207 Å². The van der Waals surface area contributed by atoms with Gasteiger partial charge in [0.2, 0.25) is 6.29 Å². The molecule has 0 aromatic heterocycles. The summed E-state index contributed by atoms with van der Waals surface area (Å²) in [5.41, 5.74) is 0.724. The molecule has 7 aliphatic heterocycles. The number of carbonyl (C=O) groups excluding carboxylic acids is 4. The van der Waals surface area contributed by atoms with Gasteiger partial charge in [-0.05, 0) is 131 Å². The van der Waals surface area contributed by atoms with Crippen LogP contribution in [-0.4, -0.2) is 124 Å². The van der Waals surface area contributed by atoms with Gasteiger partial charge in [-0.1, -0.05) is 53.6 Å². The number of aliphatic hydroxyl groups is 2. The van der Waals surface area contributed by atoms with Gasteiger partial charge in [0.25, 0.3) is 0 Å². The van der Waals surface area contributed by atoms with Gasteiger partial charge in [-0.25, -0.2) is 9.59 Å². The summed E-state index contributed by atoms with van der Waals surface area (Å²) in [5.74, 6) is -3.83. The number of methoxy groups -OCH3 is 1. The third-order valence-corrected chi connectivity index (χ3v) is 19.4. The summed E-state index contributed by atoms with van der Waals surface area (Å²) >= 11 is 0. The molecule has 11 aliphatic rings. The molecule has 7 heterocycles. The van der Waals surface area contributed by atoms with Gasteiger partial charge in [-0.3, -0.25) is 14.9 Å². The SMILES string of the molecule is COC(=O)/C(C)=C\CC12OC(C)(C)[C@H]3C[C@H](C1=O)C1C4=C(c5ccccc5C4=O)N4CCNC45c4c(OC(=O)c6ccc(O[C@@H]7O[C@@H]8COC(C)(C)O[C@H]8[C@H](O)[C@H]7O)cc6)c6c(c(CC=C(C)C)c4OC32C15)OC(C)(CCC=C(C)C)C=C6. The van der Waals surface area contributed by atoms with Gasteiger partial charge in [0.15, 0.2) is 34.3 Å². The molecule has 17 nitrogen and oxygen atoms in total. The Morgan fingerprint density at radius 2 is 1.63 bits per heavy atom. The molecule has 3 aromatic rings. The van der Waals surface area contributed by atoms with Crippen LogP contribution in [0.2, 0.25) is 0 Å². The van der Waals surface area contributed by atoms with Crippen LogP contribution in [0.15, 0.2) is 95.1 Å². The minimum atomic E-state index is -1.69. The number of benzene rings is 3. The molecular weight excluding hydrogens is 1060 g/mol. The van der Waals surface area contributed by atoms with Crippen LogP contribution in [0.3, 0.4) is 0 Å². The Bertz CT molecular complexity index is 3450. The number of nitrogens with zero attached hydrogens (tertiary/aromatic N) is 1. The molecule has 3 saturated carbocycles. The second-order valence-corrected chi connectivity index (χ2v) is 25.9. The van der Waals surface area contributed by atoms with E-state index >= 15 is 14.4 Å². The molecule has 3 aromatic carbocycles. The van der Waals surface area contributed by atoms with E-state index < -0.39 is 100 Å². The minimum absolute atomic E-state index is 0.0237. The number of rotatable bonds is 12. The van der Waals surface area contributed by atoms with Crippen LogP contribution in [0.5, 0.6) is 23.0 Å². The van der Waals surface area contributed by atoms with Gasteiger partial charge in [-0.15, -0.1) is 0 Å². The average molecular weight is 1140 g/mol. The molecule has 438 valence electrons. The lowest BCUT2D eigenvalue weighted by Gasteiger charge is -2.70. The summed E-state index contributed by atoms with van der Waals surface area (Å²) < 4.78 is 59.2. The van der Waals surface area contributed by atoms with Gasteiger partial charge in [-0.2, -0.15) is 0 Å². The highest BCUT2D eigenvalue weighted by atomic mass is 16.8. The van der Waals surface area contributed by atoms with Gasteiger partial charge in [0.05, 0.1) is 47.6 Å². The Morgan fingerprint density at radius 3 is 2.35 bits per heavy atom. The predicted octanol–water partition coefficient (Wildman–Crippen LogP) is 8.62. The first kappa shape index (κ1) is 55.7. The zero-order valence-corrected chi connectivity index (χ0v) is 49.0. The van der Waals surface area contributed by atoms with Crippen molar-refractivity contribution in [2.75, 3.05) is 26.8 Å². The van der Waals surface area contributed by atoms with Crippen molar-refractivity contribution in [1.29, 1.82) is 0 Å². The van der Waals surface area contributed by atoms with E-state index in [1.165, 1.54) is 12.7 Å². The maximum absolute atomic E-state index is 16.3. The summed E-state index contributed by atoms with van der Waals surface area (Å²) in [6.45, 7) is 20.4. The zero-order valence-electron chi connectivity index (χ0n) is 49.0. The number of carbonyl (C=O) groups is 4. The maximum atomic E-state index is 16.3. The first-order valence-electron chi connectivity index (χ1n) is 29.2. The van der Waals surface area contributed by atoms with E-state index in [0.29, 0.717) is 77.3 Å². The molecule has 17 heteroatoms. The number of ether oxygens (including phenoxy) is 9. The molecule has 4 bridgehead atoms. The quantitative estimate of drug-likeness (QED) is 0.0671. The molecule has 4 aliphatic carbocycles. The average Bonchev–Trinajstić information content (AvgIpc) is 1.84. The van der Waals surface area contributed by atoms with Crippen molar-refractivity contribution in [2.45, 2.75) is 166 Å². The monoisotopic (exact) mass is 1130 g/mol. The Morgan fingerprint density at radius 1 is 0.892 bits per heavy atom. The van der Waals surface area contributed by atoms with E-state index in [1.807, 2.05) is 71.0 Å². The van der Waals surface area contributed by atoms with Crippen LogP contribution in [0.25, 0.3) is 11.8 Å². The molecule has 83 heavy (non-hydrogen) atoms. The maximum Gasteiger partial charge on any atom is 0.343 e. The molecule has 13 atom stereocenters. The second kappa shape index (κ2) is 19.3. The molecule has 3 N–H and O–H groups in total. The van der Waals surface area contributed by atoms with Crippen LogP contribution in [-0.2, 0) is 45.4 Å². The van der Waals surface area contributed by atoms with Gasteiger partial charge >= 0.3 is 11.9 Å². The Balaban J connectivity index is 1.02.